The molecule has 2 aromatic rings. The van der Waals surface area contributed by atoms with Gasteiger partial charge in [0.05, 0.1) is 24.7 Å². The van der Waals surface area contributed by atoms with Crippen molar-refractivity contribution in [1.82, 2.24) is 9.55 Å². The molecule has 1 saturated carbocycles. The highest BCUT2D eigenvalue weighted by atomic mass is 16.2. The Morgan fingerprint density at radius 3 is 3.05 bits per heavy atom. The second kappa shape index (κ2) is 4.80. The summed E-state index contributed by atoms with van der Waals surface area (Å²) in [6, 6.07) is 0.820. The summed E-state index contributed by atoms with van der Waals surface area (Å²) in [5.74, 6) is -1.82. The number of aromatic nitrogens is 2. The van der Waals surface area contributed by atoms with Gasteiger partial charge in [-0.15, -0.1) is 0 Å². The topological polar surface area (TPSA) is 95.0 Å². The summed E-state index contributed by atoms with van der Waals surface area (Å²) in [4.78, 5) is 41.1. The van der Waals surface area contributed by atoms with Crippen molar-refractivity contribution < 1.29 is 16.4 Å². The normalized spacial score (nSPS) is 25.2. The molecule has 3 rings (SSSR count). The van der Waals surface area contributed by atoms with Crippen LogP contribution in [0.1, 0.15) is 37.9 Å². The molecular weight excluding hydrogens is 270 g/mol. The van der Waals surface area contributed by atoms with Crippen LogP contribution in [0.3, 0.4) is 0 Å². The smallest absolute Gasteiger partial charge is 0.264 e. The van der Waals surface area contributed by atoms with Crippen LogP contribution < -0.4 is 11.3 Å². The largest absolute Gasteiger partial charge is 0.398 e. The molecule has 21 heavy (non-hydrogen) atoms. The summed E-state index contributed by atoms with van der Waals surface area (Å²) < 4.78 is 39.8. The van der Waals surface area contributed by atoms with Crippen LogP contribution in [-0.2, 0) is 9.59 Å². The van der Waals surface area contributed by atoms with Crippen LogP contribution in [0.25, 0.3) is 10.9 Å². The lowest BCUT2D eigenvalue weighted by atomic mass is 9.92. The van der Waals surface area contributed by atoms with Crippen LogP contribution in [0.5, 0.6) is 0 Å². The first-order valence-corrected chi connectivity index (χ1v) is 6.24. The first-order valence-electron chi connectivity index (χ1n) is 8.90. The molecule has 2 N–H and O–H groups in total. The third-order valence-corrected chi connectivity index (χ3v) is 3.35. The molecule has 1 aliphatic rings. The Morgan fingerprint density at radius 2 is 2.33 bits per heavy atom. The first kappa shape index (κ1) is 8.71. The lowest BCUT2D eigenvalue weighted by Crippen LogP contribution is -2.36. The Labute approximate surface area is 127 Å². The van der Waals surface area contributed by atoms with E-state index >= 15 is 0 Å². The Bertz CT molecular complexity index is 1000. The van der Waals surface area contributed by atoms with E-state index in [-0.39, 0.29) is 22.6 Å². The monoisotopic (exact) mass is 290 g/mol. The molecule has 1 aromatic carbocycles. The van der Waals surface area contributed by atoms with Crippen LogP contribution in [-0.4, -0.2) is 21.1 Å². The van der Waals surface area contributed by atoms with Gasteiger partial charge in [0.25, 0.3) is 5.56 Å². The van der Waals surface area contributed by atoms with Gasteiger partial charge in [-0.3, -0.25) is 19.0 Å². The number of aryl methyl sites for hydroxylation is 1. The van der Waals surface area contributed by atoms with E-state index in [2.05, 4.69) is 4.98 Å². The molecule has 0 spiro atoms. The number of carbonyl (C=O) groups excluding carboxylic acids is 2. The molecule has 1 aromatic heterocycles. The summed E-state index contributed by atoms with van der Waals surface area (Å²) in [5.41, 5.74) is 4.76. The minimum atomic E-state index is -2.37. The van der Waals surface area contributed by atoms with Gasteiger partial charge < -0.3 is 5.73 Å². The fraction of sp³-hybridized carbons (Fsp3) is 0.333. The van der Waals surface area contributed by atoms with Crippen molar-refractivity contribution in [3.8, 4) is 0 Å². The number of fused-ring (bicyclic) bond motifs is 1. The van der Waals surface area contributed by atoms with Gasteiger partial charge in [-0.05, 0) is 25.4 Å². The number of nitrogens with zero attached hydrogens (tertiary/aromatic N) is 2. The second-order valence-electron chi connectivity index (χ2n) is 4.76. The molecule has 0 aliphatic heterocycles. The van der Waals surface area contributed by atoms with E-state index in [0.29, 0.717) is 4.57 Å². The van der Waals surface area contributed by atoms with Crippen LogP contribution in [0.4, 0.5) is 5.69 Å². The Kier molecular flexibility index (Phi) is 1.99. The Balaban J connectivity index is 2.41. The number of nitrogen functional groups attached to an aromatic ring is 1. The summed E-state index contributed by atoms with van der Waals surface area (Å²) in [5, 5.41) is -0.178. The maximum absolute atomic E-state index is 13.0. The Morgan fingerprint density at radius 1 is 1.52 bits per heavy atom. The van der Waals surface area contributed by atoms with Crippen molar-refractivity contribution >= 4 is 28.2 Å². The molecule has 1 fully saturated rings. The summed E-state index contributed by atoms with van der Waals surface area (Å²) >= 11 is 0. The number of hydrogen-bond donors (Lipinski definition) is 1. The van der Waals surface area contributed by atoms with E-state index in [1.165, 1.54) is 12.1 Å². The molecular formula is C15H15N3O3. The molecule has 0 radical (unpaired) electrons. The molecule has 1 aliphatic carbocycles. The zero-order valence-electron chi connectivity index (χ0n) is 15.9. The van der Waals surface area contributed by atoms with Gasteiger partial charge in [0.15, 0.2) is 5.78 Å². The van der Waals surface area contributed by atoms with Gasteiger partial charge in [0.1, 0.15) is 11.6 Å². The molecule has 0 bridgehead atoms. The van der Waals surface area contributed by atoms with Crippen LogP contribution in [0, 0.1) is 6.88 Å². The first-order chi connectivity index (χ1) is 12.0. The quantitative estimate of drug-likeness (QED) is 0.628. The van der Waals surface area contributed by atoms with E-state index in [1.54, 1.807) is 0 Å². The summed E-state index contributed by atoms with van der Waals surface area (Å²) in [7, 11) is 0. The average molecular weight is 290 g/mol. The zero-order chi connectivity index (χ0) is 19.4. The number of benzene rings is 1. The third-order valence-electron chi connectivity index (χ3n) is 3.35. The molecule has 1 atom stereocenters. The lowest BCUT2D eigenvalue weighted by molar-refractivity contribution is -0.132. The SMILES string of the molecule is [2H]c1ccc2nc(C([2H])[2H])n(C3C(=O)CC(=O)CC3([2H])[2H])c(=O)c2c1N. The zero-order valence-corrected chi connectivity index (χ0v) is 10.9. The van der Waals surface area contributed by atoms with Crippen molar-refractivity contribution in [2.24, 2.45) is 0 Å². The Hall–Kier alpha value is -2.50. The van der Waals surface area contributed by atoms with Gasteiger partial charge in [0.2, 0.25) is 0 Å². The molecule has 1 heterocycles. The standard InChI is InChI=1S/C15H15N3O3/c1-8-17-11-4-2-3-10(16)14(11)15(21)18(8)12-6-5-9(19)7-13(12)20/h2-4,12H,5-7,16H2,1H3/i1D2,3D,6D2. The molecule has 6 heteroatoms. The maximum atomic E-state index is 13.0. The number of carbonyl (C=O) groups is 2. The van der Waals surface area contributed by atoms with E-state index < -0.39 is 55.1 Å². The van der Waals surface area contributed by atoms with E-state index in [0.717, 1.165) is 0 Å². The highest BCUT2D eigenvalue weighted by molar-refractivity contribution is 6.03. The number of nitrogens with two attached hydrogens (primary N) is 1. The minimum absolute atomic E-state index is 0.0548. The van der Waals surface area contributed by atoms with Gasteiger partial charge in [0, 0.05) is 17.6 Å². The van der Waals surface area contributed by atoms with E-state index in [4.69, 9.17) is 12.6 Å². The van der Waals surface area contributed by atoms with Gasteiger partial charge >= 0.3 is 0 Å². The predicted octanol–water partition coefficient (Wildman–Crippen LogP) is 1.15. The second-order valence-corrected chi connectivity index (χ2v) is 4.76. The van der Waals surface area contributed by atoms with E-state index in [9.17, 15) is 14.4 Å². The van der Waals surface area contributed by atoms with Crippen molar-refractivity contribution in [2.75, 3.05) is 5.73 Å². The average Bonchev–Trinajstić information content (AvgIpc) is 2.50. The fourth-order valence-electron chi connectivity index (χ4n) is 2.39. The molecule has 0 saturated heterocycles. The van der Waals surface area contributed by atoms with Crippen molar-refractivity contribution in [1.29, 1.82) is 0 Å². The molecule has 6 nitrogen and oxygen atoms in total. The number of anilines is 1. The third kappa shape index (κ3) is 2.12. The lowest BCUT2D eigenvalue weighted by Gasteiger charge is -2.24. The van der Waals surface area contributed by atoms with Crippen LogP contribution >= 0.6 is 0 Å². The fourth-order valence-corrected chi connectivity index (χ4v) is 2.39. The van der Waals surface area contributed by atoms with Gasteiger partial charge in [-0.1, -0.05) is 6.07 Å². The van der Waals surface area contributed by atoms with Crippen molar-refractivity contribution in [3.05, 3.63) is 34.4 Å². The molecule has 1 unspecified atom stereocenters. The van der Waals surface area contributed by atoms with Gasteiger partial charge in [-0.2, -0.15) is 0 Å². The molecule has 0 amide bonds. The van der Waals surface area contributed by atoms with Crippen LogP contribution in [0.15, 0.2) is 23.0 Å². The van der Waals surface area contributed by atoms with E-state index in [1.807, 2.05) is 0 Å². The predicted molar refractivity (Wildman–Crippen MR) is 78.1 cm³/mol. The summed E-state index contributed by atoms with van der Waals surface area (Å²) in [6.07, 6.45) is -3.48. The number of rotatable bonds is 1. The number of Topliss-reactive ketones (excluding diaryl/α,β-unsaturated/α-hetero) is 2. The number of ketones is 2. The van der Waals surface area contributed by atoms with Crippen molar-refractivity contribution in [2.45, 2.75) is 32.1 Å². The van der Waals surface area contributed by atoms with Crippen molar-refractivity contribution in [3.63, 3.8) is 0 Å². The van der Waals surface area contributed by atoms with Crippen LogP contribution in [0.2, 0.25) is 0 Å². The van der Waals surface area contributed by atoms with Gasteiger partial charge in [-0.25, -0.2) is 4.98 Å². The molecule has 108 valence electrons. The number of hydrogen-bond acceptors (Lipinski definition) is 5. The highest BCUT2D eigenvalue weighted by Gasteiger charge is 2.30. The highest BCUT2D eigenvalue weighted by Crippen LogP contribution is 2.24. The minimum Gasteiger partial charge on any atom is -0.398 e. The summed E-state index contributed by atoms with van der Waals surface area (Å²) in [6.45, 7) is -1.77. The maximum Gasteiger partial charge on any atom is 0.264 e.